The first-order valence-corrected chi connectivity index (χ1v) is 7.66. The molecule has 4 heteroatoms. The number of aryl methyl sites for hydroxylation is 1. The van der Waals surface area contributed by atoms with Crippen molar-refractivity contribution in [3.05, 3.63) is 29.3 Å². The maximum absolute atomic E-state index is 12.2. The van der Waals surface area contributed by atoms with E-state index in [1.54, 1.807) is 4.90 Å². The molecule has 2 rings (SSSR count). The molecule has 1 aliphatic rings. The number of aliphatic hydroxyl groups excluding tert-OH is 1. The van der Waals surface area contributed by atoms with Gasteiger partial charge in [0.1, 0.15) is 5.75 Å². The van der Waals surface area contributed by atoms with Gasteiger partial charge < -0.3 is 14.7 Å². The van der Waals surface area contributed by atoms with Gasteiger partial charge in [-0.3, -0.25) is 4.79 Å². The van der Waals surface area contributed by atoms with Crippen LogP contribution in [0.15, 0.2) is 18.2 Å². The van der Waals surface area contributed by atoms with E-state index in [-0.39, 0.29) is 18.6 Å². The molecule has 1 aliphatic heterocycles. The number of carbonyl (C=O) groups excluding carboxylic acids is 1. The SMILES string of the molecule is Cc1ccc(C(C)C)c(OCC(=O)N2CCC(O)CC2)c1. The Balaban J connectivity index is 1.96. The van der Waals surface area contributed by atoms with E-state index in [9.17, 15) is 9.90 Å². The van der Waals surface area contributed by atoms with Gasteiger partial charge in [-0.25, -0.2) is 0 Å². The number of likely N-dealkylation sites (tertiary alicyclic amines) is 1. The zero-order chi connectivity index (χ0) is 15.4. The number of benzene rings is 1. The molecule has 1 saturated heterocycles. The molecule has 0 atom stereocenters. The number of piperidine rings is 1. The lowest BCUT2D eigenvalue weighted by molar-refractivity contribution is -0.135. The van der Waals surface area contributed by atoms with Crippen molar-refractivity contribution in [1.82, 2.24) is 4.90 Å². The Morgan fingerprint density at radius 2 is 2.05 bits per heavy atom. The Morgan fingerprint density at radius 3 is 2.67 bits per heavy atom. The minimum Gasteiger partial charge on any atom is -0.483 e. The second-order valence-electron chi connectivity index (χ2n) is 6.10. The highest BCUT2D eigenvalue weighted by Crippen LogP contribution is 2.27. The van der Waals surface area contributed by atoms with Gasteiger partial charge in [-0.1, -0.05) is 26.0 Å². The van der Waals surface area contributed by atoms with E-state index in [1.807, 2.05) is 13.0 Å². The first kappa shape index (κ1) is 15.8. The van der Waals surface area contributed by atoms with Crippen molar-refractivity contribution in [1.29, 1.82) is 0 Å². The number of nitrogens with zero attached hydrogens (tertiary/aromatic N) is 1. The van der Waals surface area contributed by atoms with E-state index in [1.165, 1.54) is 0 Å². The predicted octanol–water partition coefficient (Wildman–Crippen LogP) is 2.48. The van der Waals surface area contributed by atoms with Crippen molar-refractivity contribution in [3.8, 4) is 5.75 Å². The molecular formula is C17H25NO3. The Morgan fingerprint density at radius 1 is 1.38 bits per heavy atom. The molecule has 1 amide bonds. The molecular weight excluding hydrogens is 266 g/mol. The van der Waals surface area contributed by atoms with Crippen LogP contribution in [0.3, 0.4) is 0 Å². The Bertz CT molecular complexity index is 491. The van der Waals surface area contributed by atoms with E-state index >= 15 is 0 Å². The standard InChI is InChI=1S/C17H25NO3/c1-12(2)15-5-4-13(3)10-16(15)21-11-17(20)18-8-6-14(19)7-9-18/h4-5,10,12,14,19H,6-9,11H2,1-3H3. The van der Waals surface area contributed by atoms with E-state index in [4.69, 9.17) is 4.74 Å². The molecule has 1 N–H and O–H groups in total. The lowest BCUT2D eigenvalue weighted by Crippen LogP contribution is -2.42. The number of hydrogen-bond acceptors (Lipinski definition) is 3. The minimum atomic E-state index is -0.265. The van der Waals surface area contributed by atoms with Crippen LogP contribution in [0.1, 0.15) is 43.7 Å². The maximum Gasteiger partial charge on any atom is 0.260 e. The van der Waals surface area contributed by atoms with Gasteiger partial charge >= 0.3 is 0 Å². The number of carbonyl (C=O) groups is 1. The molecule has 1 fully saturated rings. The van der Waals surface area contributed by atoms with Crippen molar-refractivity contribution in [3.63, 3.8) is 0 Å². The zero-order valence-electron chi connectivity index (χ0n) is 13.1. The van der Waals surface area contributed by atoms with Crippen LogP contribution in [-0.4, -0.2) is 41.7 Å². The number of aliphatic hydroxyl groups is 1. The number of amides is 1. The van der Waals surface area contributed by atoms with Crippen LogP contribution in [0.2, 0.25) is 0 Å². The van der Waals surface area contributed by atoms with Crippen molar-refractivity contribution < 1.29 is 14.6 Å². The van der Waals surface area contributed by atoms with Crippen LogP contribution in [0.4, 0.5) is 0 Å². The molecule has 0 aliphatic carbocycles. The van der Waals surface area contributed by atoms with Gasteiger partial charge in [-0.15, -0.1) is 0 Å². The molecule has 0 aromatic heterocycles. The van der Waals surface area contributed by atoms with Gasteiger partial charge in [-0.2, -0.15) is 0 Å². The summed E-state index contributed by atoms with van der Waals surface area (Å²) in [6, 6.07) is 6.12. The smallest absolute Gasteiger partial charge is 0.260 e. The van der Waals surface area contributed by atoms with Crippen molar-refractivity contribution in [2.45, 2.75) is 45.6 Å². The van der Waals surface area contributed by atoms with Crippen molar-refractivity contribution in [2.24, 2.45) is 0 Å². The Labute approximate surface area is 126 Å². The van der Waals surface area contributed by atoms with Gasteiger partial charge in [0.15, 0.2) is 6.61 Å². The molecule has 1 heterocycles. The molecule has 0 bridgehead atoms. The monoisotopic (exact) mass is 291 g/mol. The first-order valence-electron chi connectivity index (χ1n) is 7.66. The van der Waals surface area contributed by atoms with Gasteiger partial charge in [0.25, 0.3) is 5.91 Å². The fourth-order valence-corrected chi connectivity index (χ4v) is 2.59. The molecule has 0 saturated carbocycles. The summed E-state index contributed by atoms with van der Waals surface area (Å²) in [5.41, 5.74) is 2.26. The van der Waals surface area contributed by atoms with Gasteiger partial charge in [-0.05, 0) is 42.9 Å². The molecule has 0 unspecified atom stereocenters. The zero-order valence-corrected chi connectivity index (χ0v) is 13.1. The predicted molar refractivity (Wildman–Crippen MR) is 82.6 cm³/mol. The largest absolute Gasteiger partial charge is 0.483 e. The molecule has 0 spiro atoms. The number of hydrogen-bond donors (Lipinski definition) is 1. The summed E-state index contributed by atoms with van der Waals surface area (Å²) in [6.07, 6.45) is 1.06. The van der Waals surface area contributed by atoms with E-state index in [0.717, 1.165) is 16.9 Å². The average molecular weight is 291 g/mol. The highest BCUT2D eigenvalue weighted by molar-refractivity contribution is 5.77. The van der Waals surface area contributed by atoms with E-state index in [0.29, 0.717) is 31.8 Å². The number of rotatable bonds is 4. The third-order valence-corrected chi connectivity index (χ3v) is 3.96. The molecule has 0 radical (unpaired) electrons. The minimum absolute atomic E-state index is 0.00175. The van der Waals surface area contributed by atoms with Crippen LogP contribution >= 0.6 is 0 Å². The fourth-order valence-electron chi connectivity index (χ4n) is 2.59. The Kier molecular flexibility index (Phi) is 5.23. The summed E-state index contributed by atoms with van der Waals surface area (Å²) in [5.74, 6) is 1.16. The average Bonchev–Trinajstić information content (AvgIpc) is 2.45. The summed E-state index contributed by atoms with van der Waals surface area (Å²) >= 11 is 0. The molecule has 1 aromatic rings. The van der Waals surface area contributed by atoms with Crippen LogP contribution in [-0.2, 0) is 4.79 Å². The van der Waals surface area contributed by atoms with Crippen LogP contribution in [0, 0.1) is 6.92 Å². The third kappa shape index (κ3) is 4.21. The number of ether oxygens (including phenoxy) is 1. The highest BCUT2D eigenvalue weighted by Gasteiger charge is 2.21. The van der Waals surface area contributed by atoms with Crippen LogP contribution in [0.5, 0.6) is 5.75 Å². The first-order chi connectivity index (χ1) is 9.97. The van der Waals surface area contributed by atoms with Gasteiger partial charge in [0.05, 0.1) is 6.10 Å². The molecule has 116 valence electrons. The van der Waals surface area contributed by atoms with Gasteiger partial charge in [0, 0.05) is 13.1 Å². The van der Waals surface area contributed by atoms with Crippen molar-refractivity contribution in [2.75, 3.05) is 19.7 Å². The van der Waals surface area contributed by atoms with E-state index in [2.05, 4.69) is 26.0 Å². The summed E-state index contributed by atoms with van der Waals surface area (Å²) in [7, 11) is 0. The van der Waals surface area contributed by atoms with Gasteiger partial charge in [0.2, 0.25) is 0 Å². The second kappa shape index (κ2) is 6.94. The topological polar surface area (TPSA) is 49.8 Å². The quantitative estimate of drug-likeness (QED) is 0.927. The van der Waals surface area contributed by atoms with Crippen molar-refractivity contribution >= 4 is 5.91 Å². The summed E-state index contributed by atoms with van der Waals surface area (Å²) < 4.78 is 5.77. The van der Waals surface area contributed by atoms with E-state index < -0.39 is 0 Å². The maximum atomic E-state index is 12.2. The lowest BCUT2D eigenvalue weighted by Gasteiger charge is -2.29. The molecule has 1 aromatic carbocycles. The Hall–Kier alpha value is -1.55. The normalized spacial score (nSPS) is 16.3. The second-order valence-corrected chi connectivity index (χ2v) is 6.10. The summed E-state index contributed by atoms with van der Waals surface area (Å²) in [6.45, 7) is 7.56. The summed E-state index contributed by atoms with van der Waals surface area (Å²) in [5, 5.41) is 9.48. The highest BCUT2D eigenvalue weighted by atomic mass is 16.5. The summed E-state index contributed by atoms with van der Waals surface area (Å²) in [4.78, 5) is 13.9. The lowest BCUT2D eigenvalue weighted by atomic mass is 10.0. The van der Waals surface area contributed by atoms with Crippen LogP contribution < -0.4 is 4.74 Å². The molecule has 4 nitrogen and oxygen atoms in total. The molecule has 21 heavy (non-hydrogen) atoms. The van der Waals surface area contributed by atoms with Crippen LogP contribution in [0.25, 0.3) is 0 Å². The third-order valence-electron chi connectivity index (χ3n) is 3.96. The fraction of sp³-hybridized carbons (Fsp3) is 0.588.